The van der Waals surface area contributed by atoms with E-state index in [4.69, 9.17) is 19.9 Å². The Balaban J connectivity index is 2.01. The van der Waals surface area contributed by atoms with Gasteiger partial charge in [0.05, 0.1) is 19.4 Å². The molecule has 3 rings (SSSR count). The minimum atomic E-state index is -1.24. The lowest BCUT2D eigenvalue weighted by Gasteiger charge is -2.29. The van der Waals surface area contributed by atoms with Gasteiger partial charge in [0.2, 0.25) is 5.13 Å². The average Bonchev–Trinajstić information content (AvgIpc) is 2.98. The van der Waals surface area contributed by atoms with Crippen molar-refractivity contribution in [3.05, 3.63) is 17.2 Å². The van der Waals surface area contributed by atoms with Gasteiger partial charge in [-0.2, -0.15) is 0 Å². The van der Waals surface area contributed by atoms with E-state index < -0.39 is 18.2 Å². The summed E-state index contributed by atoms with van der Waals surface area (Å²) in [5.41, 5.74) is 5.96. The number of rotatable bonds is 5. The second-order valence-corrected chi connectivity index (χ2v) is 7.54. The van der Waals surface area contributed by atoms with Crippen molar-refractivity contribution in [3.63, 3.8) is 0 Å². The van der Waals surface area contributed by atoms with Gasteiger partial charge in [0.15, 0.2) is 4.34 Å². The zero-order valence-electron chi connectivity index (χ0n) is 13.3. The van der Waals surface area contributed by atoms with Crippen LogP contribution in [0.1, 0.15) is 15.9 Å². The van der Waals surface area contributed by atoms with Gasteiger partial charge < -0.3 is 30.0 Å². The molecule has 25 heavy (non-hydrogen) atoms. The van der Waals surface area contributed by atoms with Gasteiger partial charge in [0, 0.05) is 11.6 Å². The number of hydrogen-bond acceptors (Lipinski definition) is 10. The number of aromatic nitrogens is 2. The van der Waals surface area contributed by atoms with Gasteiger partial charge >= 0.3 is 13.1 Å². The van der Waals surface area contributed by atoms with Crippen LogP contribution in [0, 0.1) is 0 Å². The fourth-order valence-electron chi connectivity index (χ4n) is 2.52. The third kappa shape index (κ3) is 3.32. The molecule has 1 atom stereocenters. The Morgan fingerprint density at radius 1 is 1.44 bits per heavy atom. The maximum Gasteiger partial charge on any atom is 0.537 e. The highest BCUT2D eigenvalue weighted by Crippen LogP contribution is 2.45. The molecule has 2 heterocycles. The minimum absolute atomic E-state index is 0.0461. The lowest BCUT2D eigenvalue weighted by atomic mass is 9.77. The molecule has 0 spiro atoms. The van der Waals surface area contributed by atoms with Crippen LogP contribution in [0.4, 0.5) is 5.13 Å². The number of carbonyl (C=O) groups is 1. The quantitative estimate of drug-likeness (QED) is 0.640. The molecule has 1 aromatic carbocycles. The van der Waals surface area contributed by atoms with Crippen LogP contribution in [0.15, 0.2) is 10.4 Å². The van der Waals surface area contributed by atoms with Crippen molar-refractivity contribution in [3.8, 4) is 17.2 Å². The number of nitrogens with zero attached hydrogens (tertiary/aromatic N) is 2. The van der Waals surface area contributed by atoms with Gasteiger partial charge in [0.1, 0.15) is 22.8 Å². The highest BCUT2D eigenvalue weighted by molar-refractivity contribution is 8.02. The summed E-state index contributed by atoms with van der Waals surface area (Å²) in [6.07, 6.45) is 0.314. The second kappa shape index (κ2) is 6.98. The largest absolute Gasteiger partial charge is 0.537 e. The number of benzene rings is 1. The number of carboxylic acid groups (broad SMARTS) is 1. The normalized spacial score (nSPS) is 16.1. The third-order valence-electron chi connectivity index (χ3n) is 3.60. The van der Waals surface area contributed by atoms with Crippen LogP contribution in [0.3, 0.4) is 0 Å². The van der Waals surface area contributed by atoms with Crippen LogP contribution < -0.4 is 19.9 Å². The molecule has 1 aromatic heterocycles. The van der Waals surface area contributed by atoms with E-state index in [-0.39, 0.29) is 17.1 Å². The van der Waals surface area contributed by atoms with Crippen LogP contribution in [0.2, 0.25) is 0 Å². The number of carboxylic acids is 1. The minimum Gasteiger partial charge on any atom is -0.534 e. The van der Waals surface area contributed by atoms with E-state index in [9.17, 15) is 14.9 Å². The van der Waals surface area contributed by atoms with E-state index in [0.717, 1.165) is 0 Å². The van der Waals surface area contributed by atoms with Gasteiger partial charge in [-0.3, -0.25) is 0 Å². The van der Waals surface area contributed by atoms with Crippen LogP contribution in [-0.2, 0) is 6.42 Å². The first kappa shape index (κ1) is 17.6. The van der Waals surface area contributed by atoms with E-state index >= 15 is 0 Å². The van der Waals surface area contributed by atoms with Gasteiger partial charge in [-0.1, -0.05) is 23.1 Å². The molecule has 0 bridgehead atoms. The molecule has 4 N–H and O–H groups in total. The van der Waals surface area contributed by atoms with Crippen molar-refractivity contribution < 1.29 is 29.1 Å². The predicted octanol–water partition coefficient (Wildman–Crippen LogP) is 0.951. The molecular formula is C13H14BN3O6S2. The number of fused-ring (bicyclic) bond motifs is 1. The number of hydrogen-bond donors (Lipinski definition) is 3. The molecule has 9 nitrogen and oxygen atoms in total. The number of ether oxygens (including phenoxy) is 2. The van der Waals surface area contributed by atoms with Gasteiger partial charge in [0.25, 0.3) is 0 Å². The van der Waals surface area contributed by atoms with E-state index in [0.29, 0.717) is 27.2 Å². The highest BCUT2D eigenvalue weighted by atomic mass is 32.2. The summed E-state index contributed by atoms with van der Waals surface area (Å²) < 4.78 is 16.6. The van der Waals surface area contributed by atoms with Crippen molar-refractivity contribution in [2.45, 2.75) is 15.9 Å². The Kier molecular flexibility index (Phi) is 4.93. The summed E-state index contributed by atoms with van der Waals surface area (Å²) in [4.78, 5) is 11.6. The van der Waals surface area contributed by atoms with Gasteiger partial charge in [-0.25, -0.2) is 4.79 Å². The monoisotopic (exact) mass is 383 g/mol. The number of methoxy groups -OCH3 is 2. The molecule has 2 aromatic rings. The highest BCUT2D eigenvalue weighted by Gasteiger charge is 2.41. The Labute approximate surface area is 151 Å². The standard InChI is InChI=1S/C13H14BN3O6S2/c1-21-6-4-7(22-2)9(11(18)19)10-5(6)3-8(14(20)23-10)24-13-17-16-12(15)25-13/h4,8,20H,3H2,1-2H3,(H2,15,16)(H,18,19). The summed E-state index contributed by atoms with van der Waals surface area (Å²) in [6.45, 7) is 0. The summed E-state index contributed by atoms with van der Waals surface area (Å²) in [5, 5.41) is 27.3. The molecule has 12 heteroatoms. The molecule has 0 saturated heterocycles. The molecule has 0 saturated carbocycles. The average molecular weight is 383 g/mol. The molecule has 1 unspecified atom stereocenters. The van der Waals surface area contributed by atoms with Crippen LogP contribution in [-0.4, -0.2) is 52.8 Å². The maximum absolute atomic E-state index is 11.6. The van der Waals surface area contributed by atoms with Gasteiger partial charge in [-0.15, -0.1) is 10.2 Å². The number of aromatic carboxylic acids is 1. The number of thioether (sulfide) groups is 1. The first-order valence-corrected chi connectivity index (χ1v) is 8.75. The molecule has 0 amide bonds. The molecule has 1 aliphatic rings. The first-order valence-electron chi connectivity index (χ1n) is 7.06. The van der Waals surface area contributed by atoms with Crippen LogP contribution >= 0.6 is 23.1 Å². The fraction of sp³-hybridized carbons (Fsp3) is 0.308. The lowest BCUT2D eigenvalue weighted by Crippen LogP contribution is -2.41. The van der Waals surface area contributed by atoms with E-state index in [2.05, 4.69) is 10.2 Å². The van der Waals surface area contributed by atoms with E-state index in [1.165, 1.54) is 43.4 Å². The molecule has 1 aliphatic heterocycles. The molecule has 0 aliphatic carbocycles. The lowest BCUT2D eigenvalue weighted by molar-refractivity contribution is 0.0690. The zero-order valence-corrected chi connectivity index (χ0v) is 14.9. The first-order chi connectivity index (χ1) is 11.9. The maximum atomic E-state index is 11.6. The van der Waals surface area contributed by atoms with Crippen molar-refractivity contribution >= 4 is 41.3 Å². The van der Waals surface area contributed by atoms with Crippen LogP contribution in [0.25, 0.3) is 0 Å². The second-order valence-electron chi connectivity index (χ2n) is 5.04. The third-order valence-corrected chi connectivity index (χ3v) is 5.67. The molecule has 0 radical (unpaired) electrons. The number of anilines is 1. The van der Waals surface area contributed by atoms with Crippen molar-refractivity contribution in [1.29, 1.82) is 0 Å². The summed E-state index contributed by atoms with van der Waals surface area (Å²) in [6, 6.07) is 1.49. The molecule has 132 valence electrons. The van der Waals surface area contributed by atoms with Crippen molar-refractivity contribution in [1.82, 2.24) is 10.2 Å². The SMILES string of the molecule is COc1cc(OC)c(C(=O)O)c2c1CC(Sc1nnc(N)s1)B(O)O2. The van der Waals surface area contributed by atoms with Crippen molar-refractivity contribution in [2.75, 3.05) is 20.0 Å². The summed E-state index contributed by atoms with van der Waals surface area (Å²) in [7, 11) is 1.58. The Bertz CT molecular complexity index is 817. The zero-order chi connectivity index (χ0) is 18.1. The Morgan fingerprint density at radius 2 is 2.16 bits per heavy atom. The summed E-state index contributed by atoms with van der Waals surface area (Å²) in [5.74, 6) is -0.653. The Morgan fingerprint density at radius 3 is 2.72 bits per heavy atom. The number of nitrogens with two attached hydrogens (primary N) is 1. The number of nitrogen functional groups attached to an aromatic ring is 1. The molecule has 0 fully saturated rings. The summed E-state index contributed by atoms with van der Waals surface area (Å²) >= 11 is 2.45. The Hall–Kier alpha value is -2.18. The van der Waals surface area contributed by atoms with E-state index in [1.54, 1.807) is 0 Å². The predicted molar refractivity (Wildman–Crippen MR) is 92.8 cm³/mol. The van der Waals surface area contributed by atoms with E-state index in [1.807, 2.05) is 0 Å². The fourth-order valence-corrected chi connectivity index (χ4v) is 4.45. The van der Waals surface area contributed by atoms with Gasteiger partial charge in [-0.05, 0) is 6.42 Å². The molecular weight excluding hydrogens is 369 g/mol. The van der Waals surface area contributed by atoms with Crippen LogP contribution in [0.5, 0.6) is 17.2 Å². The smallest absolute Gasteiger partial charge is 0.534 e. The van der Waals surface area contributed by atoms with Crippen molar-refractivity contribution in [2.24, 2.45) is 0 Å². The topological polar surface area (TPSA) is 137 Å².